The number of hydrogen-bond acceptors (Lipinski definition) is 2. The molecule has 1 unspecified atom stereocenters. The molecule has 0 aliphatic heterocycles. The highest BCUT2D eigenvalue weighted by Gasteiger charge is 2.18. The lowest BCUT2D eigenvalue weighted by atomic mass is 10.2. The second-order valence-corrected chi connectivity index (χ2v) is 2.56. The van der Waals surface area contributed by atoms with Gasteiger partial charge in [0, 0.05) is 5.69 Å². The average molecular weight is 172 g/mol. The number of aromatic nitrogens is 1. The summed E-state index contributed by atoms with van der Waals surface area (Å²) >= 11 is 0. The van der Waals surface area contributed by atoms with Crippen LogP contribution in [0.5, 0.6) is 0 Å². The highest BCUT2D eigenvalue weighted by Crippen LogP contribution is 2.15. The van der Waals surface area contributed by atoms with Crippen LogP contribution in [0.3, 0.4) is 0 Å². The minimum Gasteiger partial charge on any atom is -0.318 e. The minimum absolute atomic E-state index is 0.241. The summed E-state index contributed by atoms with van der Waals surface area (Å²) < 4.78 is 24.2. The smallest absolute Gasteiger partial charge is 0.259 e. The lowest BCUT2D eigenvalue weighted by molar-refractivity contribution is 0.114. The molecule has 0 saturated heterocycles. The van der Waals surface area contributed by atoms with Gasteiger partial charge >= 0.3 is 0 Å². The lowest BCUT2D eigenvalue weighted by Gasteiger charge is -2.09. The fraction of sp³-hybridized carbons (Fsp3) is 0.375. The normalized spacial score (nSPS) is 13.4. The van der Waals surface area contributed by atoms with E-state index in [1.165, 1.54) is 6.07 Å². The van der Waals surface area contributed by atoms with Gasteiger partial charge in [-0.05, 0) is 19.1 Å². The molecule has 4 heteroatoms. The number of rotatable bonds is 2. The van der Waals surface area contributed by atoms with Crippen LogP contribution in [0.15, 0.2) is 18.2 Å². The van der Waals surface area contributed by atoms with Crippen LogP contribution >= 0.6 is 0 Å². The number of alkyl halides is 2. The highest BCUT2D eigenvalue weighted by molar-refractivity contribution is 5.13. The van der Waals surface area contributed by atoms with Crippen LogP contribution in [0.2, 0.25) is 0 Å². The maximum atomic E-state index is 12.1. The predicted octanol–water partition coefficient (Wildman–Crippen LogP) is 1.65. The van der Waals surface area contributed by atoms with E-state index in [4.69, 9.17) is 5.73 Å². The maximum Gasteiger partial charge on any atom is 0.259 e. The topological polar surface area (TPSA) is 38.9 Å². The van der Waals surface area contributed by atoms with Gasteiger partial charge in [-0.2, -0.15) is 0 Å². The van der Waals surface area contributed by atoms with Crippen molar-refractivity contribution in [2.24, 2.45) is 5.73 Å². The Morgan fingerprint density at radius 2 is 2.08 bits per heavy atom. The number of halogens is 2. The van der Waals surface area contributed by atoms with Crippen molar-refractivity contribution in [1.82, 2.24) is 4.98 Å². The summed E-state index contributed by atoms with van der Waals surface area (Å²) in [4.78, 5) is 3.89. The van der Waals surface area contributed by atoms with Gasteiger partial charge in [0.2, 0.25) is 0 Å². The SMILES string of the molecule is Cc1cccc(C(N)C(F)F)n1. The van der Waals surface area contributed by atoms with E-state index in [0.717, 1.165) is 0 Å². The molecule has 2 nitrogen and oxygen atoms in total. The van der Waals surface area contributed by atoms with Crippen molar-refractivity contribution in [3.8, 4) is 0 Å². The molecule has 0 fully saturated rings. The molecule has 0 aliphatic rings. The molecule has 0 radical (unpaired) electrons. The number of hydrogen-bond donors (Lipinski definition) is 1. The zero-order valence-corrected chi connectivity index (χ0v) is 6.67. The first kappa shape index (κ1) is 9.06. The molecule has 12 heavy (non-hydrogen) atoms. The van der Waals surface area contributed by atoms with Crippen molar-refractivity contribution in [3.63, 3.8) is 0 Å². The van der Waals surface area contributed by atoms with Crippen LogP contribution in [-0.2, 0) is 0 Å². The highest BCUT2D eigenvalue weighted by atomic mass is 19.3. The average Bonchev–Trinajstić information content (AvgIpc) is 2.03. The van der Waals surface area contributed by atoms with Gasteiger partial charge < -0.3 is 5.73 Å². The summed E-state index contributed by atoms with van der Waals surface area (Å²) in [6, 6.07) is 3.63. The van der Waals surface area contributed by atoms with E-state index in [9.17, 15) is 8.78 Å². The summed E-state index contributed by atoms with van der Waals surface area (Å²) in [5.41, 5.74) is 6.13. The lowest BCUT2D eigenvalue weighted by Crippen LogP contribution is -2.20. The summed E-state index contributed by atoms with van der Waals surface area (Å²) in [6.45, 7) is 1.74. The van der Waals surface area contributed by atoms with Gasteiger partial charge in [-0.25, -0.2) is 8.78 Å². The predicted molar refractivity (Wildman–Crippen MR) is 41.9 cm³/mol. The first-order valence-corrected chi connectivity index (χ1v) is 3.58. The van der Waals surface area contributed by atoms with Crippen LogP contribution in [0.4, 0.5) is 8.78 Å². The molecule has 1 aromatic heterocycles. The first-order chi connectivity index (χ1) is 5.61. The molecule has 1 atom stereocenters. The van der Waals surface area contributed by atoms with Crippen molar-refractivity contribution in [2.75, 3.05) is 0 Å². The molecule has 1 heterocycles. The quantitative estimate of drug-likeness (QED) is 0.736. The second kappa shape index (κ2) is 3.58. The van der Waals surface area contributed by atoms with Crippen molar-refractivity contribution in [1.29, 1.82) is 0 Å². The Hall–Kier alpha value is -1.03. The Kier molecular flexibility index (Phi) is 2.70. The van der Waals surface area contributed by atoms with Gasteiger partial charge in [0.25, 0.3) is 6.43 Å². The molecule has 1 rings (SSSR count). The third-order valence-corrected chi connectivity index (χ3v) is 1.52. The molecule has 66 valence electrons. The molecular formula is C8H10F2N2. The van der Waals surface area contributed by atoms with E-state index in [2.05, 4.69) is 4.98 Å². The molecule has 0 bridgehead atoms. The molecule has 0 amide bonds. The molecule has 2 N–H and O–H groups in total. The third-order valence-electron chi connectivity index (χ3n) is 1.52. The van der Waals surface area contributed by atoms with Crippen molar-refractivity contribution >= 4 is 0 Å². The van der Waals surface area contributed by atoms with Crippen molar-refractivity contribution in [3.05, 3.63) is 29.6 Å². The van der Waals surface area contributed by atoms with Crippen LogP contribution in [-0.4, -0.2) is 11.4 Å². The molecule has 0 aliphatic carbocycles. The van der Waals surface area contributed by atoms with E-state index < -0.39 is 12.5 Å². The minimum atomic E-state index is -2.56. The van der Waals surface area contributed by atoms with E-state index in [-0.39, 0.29) is 5.69 Å². The maximum absolute atomic E-state index is 12.1. The molecule has 0 saturated carbocycles. The van der Waals surface area contributed by atoms with E-state index in [0.29, 0.717) is 5.69 Å². The Morgan fingerprint density at radius 3 is 2.58 bits per heavy atom. The summed E-state index contributed by atoms with van der Waals surface area (Å²) in [5.74, 6) is 0. The molecule has 0 spiro atoms. The molecule has 0 aromatic carbocycles. The second-order valence-electron chi connectivity index (χ2n) is 2.56. The number of nitrogens with zero attached hydrogens (tertiary/aromatic N) is 1. The van der Waals surface area contributed by atoms with Gasteiger partial charge in [0.15, 0.2) is 0 Å². The Labute approximate surface area is 69.4 Å². The fourth-order valence-electron chi connectivity index (χ4n) is 0.879. The van der Waals surface area contributed by atoms with E-state index in [1.54, 1.807) is 19.1 Å². The Balaban J connectivity index is 2.88. The summed E-state index contributed by atoms with van der Waals surface area (Å²) in [5, 5.41) is 0. The fourth-order valence-corrected chi connectivity index (χ4v) is 0.879. The number of aryl methyl sites for hydroxylation is 1. The number of nitrogens with two attached hydrogens (primary N) is 1. The largest absolute Gasteiger partial charge is 0.318 e. The third kappa shape index (κ3) is 1.98. The standard InChI is InChI=1S/C8H10F2N2/c1-5-3-2-4-6(12-5)7(11)8(9)10/h2-4,7-8H,11H2,1H3. The van der Waals surface area contributed by atoms with Gasteiger partial charge in [-0.15, -0.1) is 0 Å². The van der Waals surface area contributed by atoms with Crippen LogP contribution in [0, 0.1) is 6.92 Å². The van der Waals surface area contributed by atoms with Crippen molar-refractivity contribution in [2.45, 2.75) is 19.4 Å². The summed E-state index contributed by atoms with van der Waals surface area (Å²) in [7, 11) is 0. The van der Waals surface area contributed by atoms with Gasteiger partial charge in [0.05, 0.1) is 5.69 Å². The number of pyridine rings is 1. The van der Waals surface area contributed by atoms with Crippen LogP contribution in [0.25, 0.3) is 0 Å². The van der Waals surface area contributed by atoms with E-state index in [1.807, 2.05) is 0 Å². The zero-order valence-electron chi connectivity index (χ0n) is 6.67. The zero-order chi connectivity index (χ0) is 9.14. The van der Waals surface area contributed by atoms with E-state index >= 15 is 0 Å². The summed E-state index contributed by atoms with van der Waals surface area (Å²) in [6.07, 6.45) is -2.56. The Bertz CT molecular complexity index is 263. The van der Waals surface area contributed by atoms with Gasteiger partial charge in [0.1, 0.15) is 6.04 Å². The van der Waals surface area contributed by atoms with Gasteiger partial charge in [-0.3, -0.25) is 4.98 Å². The monoisotopic (exact) mass is 172 g/mol. The first-order valence-electron chi connectivity index (χ1n) is 3.58. The molecular weight excluding hydrogens is 162 g/mol. The van der Waals surface area contributed by atoms with Crippen LogP contribution in [0.1, 0.15) is 17.4 Å². The Morgan fingerprint density at radius 1 is 1.42 bits per heavy atom. The molecule has 1 aromatic rings. The van der Waals surface area contributed by atoms with Crippen molar-refractivity contribution < 1.29 is 8.78 Å². The van der Waals surface area contributed by atoms with Gasteiger partial charge in [-0.1, -0.05) is 6.07 Å². The van der Waals surface area contributed by atoms with Crippen LogP contribution < -0.4 is 5.73 Å².